The van der Waals surface area contributed by atoms with E-state index < -0.39 is 5.97 Å². The molecule has 0 atom stereocenters. The Morgan fingerprint density at radius 2 is 1.88 bits per heavy atom. The summed E-state index contributed by atoms with van der Waals surface area (Å²) in [7, 11) is 0. The zero-order valence-corrected chi connectivity index (χ0v) is 19.5. The van der Waals surface area contributed by atoms with Crippen LogP contribution in [0.2, 0.25) is 0 Å². The van der Waals surface area contributed by atoms with Gasteiger partial charge in [-0.3, -0.25) is 0 Å². The van der Waals surface area contributed by atoms with Gasteiger partial charge < -0.3 is 5.11 Å². The quantitative estimate of drug-likeness (QED) is 0.390. The van der Waals surface area contributed by atoms with E-state index in [1.54, 1.807) is 12.1 Å². The molecule has 0 spiro atoms. The van der Waals surface area contributed by atoms with Gasteiger partial charge in [0.15, 0.2) is 11.5 Å². The maximum atomic E-state index is 11.5. The first-order chi connectivity index (χ1) is 16.1. The third-order valence-electron chi connectivity index (χ3n) is 6.60. The molecular weight excluding hydrogens is 412 g/mol. The van der Waals surface area contributed by atoms with Crippen LogP contribution < -0.4 is 0 Å². The fraction of sp³-hybridized carbons (Fsp3) is 0.481. The maximum Gasteiger partial charge on any atom is 0.355 e. The van der Waals surface area contributed by atoms with Gasteiger partial charge in [-0.05, 0) is 29.5 Å². The Morgan fingerprint density at radius 1 is 1.09 bits per heavy atom. The molecule has 3 aromatic rings. The molecule has 6 heteroatoms. The zero-order chi connectivity index (χ0) is 23.0. The molecule has 33 heavy (non-hydrogen) atoms. The minimum Gasteiger partial charge on any atom is -0.476 e. The summed E-state index contributed by atoms with van der Waals surface area (Å²) < 4.78 is 2.08. The number of hydrogen-bond acceptors (Lipinski definition) is 4. The van der Waals surface area contributed by atoms with Crippen molar-refractivity contribution in [2.24, 2.45) is 5.92 Å². The van der Waals surface area contributed by atoms with Gasteiger partial charge in [-0.1, -0.05) is 82.2 Å². The summed E-state index contributed by atoms with van der Waals surface area (Å²) in [4.78, 5) is 20.5. The van der Waals surface area contributed by atoms with E-state index in [9.17, 15) is 9.90 Å². The Balaban J connectivity index is 1.51. The molecule has 174 valence electrons. The first-order valence-corrected chi connectivity index (χ1v) is 12.3. The molecule has 0 radical (unpaired) electrons. The molecule has 4 rings (SSSR count). The molecule has 0 amide bonds. The monoisotopic (exact) mass is 446 g/mol. The predicted octanol–water partition coefficient (Wildman–Crippen LogP) is 5.94. The molecule has 6 nitrogen and oxygen atoms in total. The lowest BCUT2D eigenvalue weighted by atomic mass is 9.87. The van der Waals surface area contributed by atoms with Crippen LogP contribution in [0.15, 0.2) is 42.6 Å². The first kappa shape index (κ1) is 23.1. The average Bonchev–Trinajstić information content (AvgIpc) is 3.21. The van der Waals surface area contributed by atoms with E-state index >= 15 is 0 Å². The highest BCUT2D eigenvalue weighted by Gasteiger charge is 2.18. The minimum atomic E-state index is -1.01. The number of benzene rings is 1. The number of hydrogen-bond donors (Lipinski definition) is 1. The second kappa shape index (κ2) is 11.2. The Hall–Kier alpha value is -3.02. The molecule has 1 fully saturated rings. The normalized spacial score (nSPS) is 14.5. The van der Waals surface area contributed by atoms with Crippen LogP contribution in [0.4, 0.5) is 0 Å². The van der Waals surface area contributed by atoms with Gasteiger partial charge in [0.05, 0.1) is 6.54 Å². The Bertz CT molecular complexity index is 1050. The van der Waals surface area contributed by atoms with Crippen LogP contribution in [-0.2, 0) is 19.4 Å². The van der Waals surface area contributed by atoms with Crippen molar-refractivity contribution in [1.82, 2.24) is 19.7 Å². The van der Waals surface area contributed by atoms with Gasteiger partial charge in [0.1, 0.15) is 5.82 Å². The zero-order valence-electron chi connectivity index (χ0n) is 19.5. The van der Waals surface area contributed by atoms with E-state index in [0.29, 0.717) is 12.1 Å². The third kappa shape index (κ3) is 6.06. The van der Waals surface area contributed by atoms with Crippen molar-refractivity contribution in [1.29, 1.82) is 0 Å². The molecule has 1 saturated carbocycles. The van der Waals surface area contributed by atoms with E-state index in [-0.39, 0.29) is 5.69 Å². The number of carboxylic acids is 1. The van der Waals surface area contributed by atoms with Crippen molar-refractivity contribution in [2.45, 2.75) is 77.7 Å². The van der Waals surface area contributed by atoms with Crippen molar-refractivity contribution in [2.75, 3.05) is 0 Å². The molecule has 1 N–H and O–H groups in total. The second-order valence-electron chi connectivity index (χ2n) is 9.17. The van der Waals surface area contributed by atoms with Crippen molar-refractivity contribution in [3.8, 4) is 11.1 Å². The maximum absolute atomic E-state index is 11.5. The number of nitrogens with zero attached hydrogens (tertiary/aromatic N) is 4. The van der Waals surface area contributed by atoms with Gasteiger partial charge >= 0.3 is 5.97 Å². The van der Waals surface area contributed by atoms with Crippen LogP contribution in [0.25, 0.3) is 11.1 Å². The highest BCUT2D eigenvalue weighted by atomic mass is 16.4. The number of aryl methyl sites for hydroxylation is 1. The Labute approximate surface area is 196 Å². The molecule has 1 aliphatic rings. The standard InChI is InChI=1S/C27H34N4O2/c1-2-3-5-12-25-29-24(18-20-9-6-4-7-10-20)30-31(25)19-21-13-15-22(16-14-21)23-11-8-17-28-26(23)27(32)33/h8,11,13-17,20H,2-7,9-10,12,18-19H2,1H3,(H,32,33). The summed E-state index contributed by atoms with van der Waals surface area (Å²) in [5.74, 6) is 1.78. The highest BCUT2D eigenvalue weighted by Crippen LogP contribution is 2.27. The summed E-state index contributed by atoms with van der Waals surface area (Å²) in [6, 6.07) is 11.6. The summed E-state index contributed by atoms with van der Waals surface area (Å²) in [6.45, 7) is 2.90. The topological polar surface area (TPSA) is 80.9 Å². The molecule has 1 aromatic carbocycles. The van der Waals surface area contributed by atoms with E-state index in [2.05, 4.69) is 16.6 Å². The predicted molar refractivity (Wildman–Crippen MR) is 129 cm³/mol. The summed E-state index contributed by atoms with van der Waals surface area (Å²) in [5.41, 5.74) is 2.69. The number of carboxylic acid groups (broad SMARTS) is 1. The number of carbonyl (C=O) groups is 1. The Kier molecular flexibility index (Phi) is 7.87. The van der Waals surface area contributed by atoms with Gasteiger partial charge in [-0.15, -0.1) is 0 Å². The van der Waals surface area contributed by atoms with Crippen molar-refractivity contribution in [3.63, 3.8) is 0 Å². The third-order valence-corrected chi connectivity index (χ3v) is 6.60. The molecule has 2 heterocycles. The summed E-state index contributed by atoms with van der Waals surface area (Å²) >= 11 is 0. The lowest BCUT2D eigenvalue weighted by Crippen LogP contribution is -2.11. The second-order valence-corrected chi connectivity index (χ2v) is 9.17. The fourth-order valence-electron chi connectivity index (χ4n) is 4.78. The number of aromatic carboxylic acids is 1. The van der Waals surface area contributed by atoms with Crippen LogP contribution in [0.1, 0.15) is 86.0 Å². The van der Waals surface area contributed by atoms with Crippen molar-refractivity contribution < 1.29 is 9.90 Å². The SMILES string of the molecule is CCCCCc1nc(CC2CCCCC2)nn1Cc1ccc(-c2cccnc2C(=O)O)cc1. The molecule has 0 bridgehead atoms. The van der Waals surface area contributed by atoms with Crippen LogP contribution in [0.5, 0.6) is 0 Å². The highest BCUT2D eigenvalue weighted by molar-refractivity contribution is 5.93. The van der Waals surface area contributed by atoms with Crippen molar-refractivity contribution in [3.05, 3.63) is 65.5 Å². The van der Waals surface area contributed by atoms with Gasteiger partial charge in [-0.25, -0.2) is 19.4 Å². The van der Waals surface area contributed by atoms with Gasteiger partial charge in [0, 0.05) is 24.6 Å². The Morgan fingerprint density at radius 3 is 2.61 bits per heavy atom. The summed E-state index contributed by atoms with van der Waals surface area (Å²) in [5, 5.41) is 14.3. The van der Waals surface area contributed by atoms with E-state index in [1.165, 1.54) is 51.1 Å². The van der Waals surface area contributed by atoms with Crippen LogP contribution in [-0.4, -0.2) is 30.8 Å². The van der Waals surface area contributed by atoms with Crippen molar-refractivity contribution >= 4 is 5.97 Å². The molecular formula is C27H34N4O2. The van der Waals surface area contributed by atoms with E-state index in [4.69, 9.17) is 10.1 Å². The lowest BCUT2D eigenvalue weighted by Gasteiger charge is -2.19. The van der Waals surface area contributed by atoms with Crippen LogP contribution in [0, 0.1) is 5.92 Å². The number of aromatic nitrogens is 4. The van der Waals surface area contributed by atoms with E-state index in [0.717, 1.165) is 48.0 Å². The number of unbranched alkanes of at least 4 members (excludes halogenated alkanes) is 2. The fourth-order valence-corrected chi connectivity index (χ4v) is 4.78. The van der Waals surface area contributed by atoms with Crippen LogP contribution in [0.3, 0.4) is 0 Å². The average molecular weight is 447 g/mol. The van der Waals surface area contributed by atoms with Gasteiger partial charge in [0.2, 0.25) is 0 Å². The molecule has 0 saturated heterocycles. The summed E-state index contributed by atoms with van der Waals surface area (Å²) in [6.07, 6.45) is 13.6. The molecule has 1 aliphatic carbocycles. The van der Waals surface area contributed by atoms with Gasteiger partial charge in [-0.2, -0.15) is 5.10 Å². The van der Waals surface area contributed by atoms with Crippen LogP contribution >= 0.6 is 0 Å². The number of rotatable bonds is 10. The molecule has 0 aliphatic heterocycles. The first-order valence-electron chi connectivity index (χ1n) is 12.3. The number of pyridine rings is 1. The largest absolute Gasteiger partial charge is 0.476 e. The smallest absolute Gasteiger partial charge is 0.355 e. The van der Waals surface area contributed by atoms with Gasteiger partial charge in [0.25, 0.3) is 0 Å². The molecule has 0 unspecified atom stereocenters. The van der Waals surface area contributed by atoms with E-state index in [1.807, 2.05) is 24.3 Å². The molecule has 2 aromatic heterocycles. The minimum absolute atomic E-state index is 0.0760. The lowest BCUT2D eigenvalue weighted by molar-refractivity contribution is 0.0691.